The molecule has 4 N–H and O–H groups in total. The highest BCUT2D eigenvalue weighted by Gasteiger charge is 2.27. The maximum Gasteiger partial charge on any atom is 0.0752 e. The molecular formula is C9H12BrN3O. The average molecular weight is 258 g/mol. The van der Waals surface area contributed by atoms with Gasteiger partial charge in [0, 0.05) is 12.2 Å². The molecule has 4 nitrogen and oxygen atoms in total. The lowest BCUT2D eigenvalue weighted by molar-refractivity contribution is 0.0836. The van der Waals surface area contributed by atoms with Crippen molar-refractivity contribution in [1.82, 2.24) is 4.98 Å². The smallest absolute Gasteiger partial charge is 0.0752 e. The Morgan fingerprint density at radius 3 is 2.79 bits per heavy atom. The van der Waals surface area contributed by atoms with E-state index in [0.717, 1.165) is 23.0 Å². The van der Waals surface area contributed by atoms with Gasteiger partial charge in [-0.1, -0.05) is 0 Å². The van der Waals surface area contributed by atoms with Crippen LogP contribution in [0.3, 0.4) is 0 Å². The van der Waals surface area contributed by atoms with Crippen molar-refractivity contribution in [3.8, 4) is 0 Å². The molecule has 1 heterocycles. The van der Waals surface area contributed by atoms with Crippen molar-refractivity contribution in [3.05, 3.63) is 16.9 Å². The number of pyridine rings is 1. The van der Waals surface area contributed by atoms with E-state index in [1.54, 1.807) is 12.4 Å². The topological polar surface area (TPSA) is 71.2 Å². The number of halogens is 1. The Morgan fingerprint density at radius 2 is 2.21 bits per heavy atom. The Balaban J connectivity index is 2.09. The fraction of sp³-hybridized carbons (Fsp3) is 0.444. The third-order valence-electron chi connectivity index (χ3n) is 2.39. The van der Waals surface area contributed by atoms with Gasteiger partial charge in [-0.25, -0.2) is 0 Å². The van der Waals surface area contributed by atoms with Gasteiger partial charge in [0.05, 0.1) is 28.1 Å². The molecule has 0 amide bonds. The second-order valence-corrected chi connectivity index (χ2v) is 4.41. The summed E-state index contributed by atoms with van der Waals surface area (Å²) in [6, 6.07) is 0.325. The van der Waals surface area contributed by atoms with Crippen LogP contribution >= 0.6 is 15.9 Å². The number of aliphatic hydroxyl groups excluding tert-OH is 1. The van der Waals surface area contributed by atoms with E-state index < -0.39 is 0 Å². The van der Waals surface area contributed by atoms with Gasteiger partial charge in [0.15, 0.2) is 0 Å². The number of hydrogen-bond donors (Lipinski definition) is 3. The molecule has 0 bridgehead atoms. The molecule has 0 spiro atoms. The number of aliphatic hydroxyl groups is 1. The number of rotatable bonds is 2. The van der Waals surface area contributed by atoms with Crippen molar-refractivity contribution in [2.75, 3.05) is 11.1 Å². The van der Waals surface area contributed by atoms with E-state index in [0.29, 0.717) is 11.7 Å². The molecule has 0 unspecified atom stereocenters. The normalized spacial score (nSPS) is 25.6. The standard InChI is InChI=1S/C9H12BrN3O/c10-7-3-12-4-8(11)9(7)13-5-1-6(14)2-5/h3-6,14H,1-2,11H2,(H,12,13). The van der Waals surface area contributed by atoms with Gasteiger partial charge in [-0.05, 0) is 28.8 Å². The van der Waals surface area contributed by atoms with Crippen LogP contribution in [0, 0.1) is 0 Å². The minimum Gasteiger partial charge on any atom is -0.396 e. The Labute approximate surface area is 90.7 Å². The first-order valence-corrected chi connectivity index (χ1v) is 5.29. The summed E-state index contributed by atoms with van der Waals surface area (Å²) in [4.78, 5) is 3.95. The molecule has 2 rings (SSSR count). The second kappa shape index (κ2) is 3.74. The molecule has 1 aromatic rings. The van der Waals surface area contributed by atoms with Crippen LogP contribution in [0.1, 0.15) is 12.8 Å². The highest BCUT2D eigenvalue weighted by Crippen LogP contribution is 2.31. The van der Waals surface area contributed by atoms with Gasteiger partial charge < -0.3 is 16.2 Å². The lowest BCUT2D eigenvalue weighted by Gasteiger charge is -2.33. The van der Waals surface area contributed by atoms with Crippen molar-refractivity contribution in [3.63, 3.8) is 0 Å². The molecular weight excluding hydrogens is 246 g/mol. The summed E-state index contributed by atoms with van der Waals surface area (Å²) in [5.74, 6) is 0. The molecule has 1 saturated carbocycles. The molecule has 0 aromatic carbocycles. The Morgan fingerprint density at radius 1 is 1.50 bits per heavy atom. The molecule has 0 radical (unpaired) electrons. The summed E-state index contributed by atoms with van der Waals surface area (Å²) in [5.41, 5.74) is 7.26. The van der Waals surface area contributed by atoms with Gasteiger partial charge in [-0.15, -0.1) is 0 Å². The quantitative estimate of drug-likeness (QED) is 0.749. The maximum absolute atomic E-state index is 9.14. The number of nitrogens with zero attached hydrogens (tertiary/aromatic N) is 1. The number of anilines is 2. The zero-order chi connectivity index (χ0) is 10.1. The summed E-state index contributed by atoms with van der Waals surface area (Å²) in [6.45, 7) is 0. The van der Waals surface area contributed by atoms with Crippen molar-refractivity contribution in [2.24, 2.45) is 0 Å². The molecule has 1 aromatic heterocycles. The van der Waals surface area contributed by atoms with E-state index in [1.807, 2.05) is 0 Å². The van der Waals surface area contributed by atoms with Gasteiger partial charge in [0.1, 0.15) is 0 Å². The van der Waals surface area contributed by atoms with Crippen LogP contribution in [0.2, 0.25) is 0 Å². The minimum absolute atomic E-state index is 0.158. The van der Waals surface area contributed by atoms with Crippen molar-refractivity contribution >= 4 is 27.3 Å². The number of hydrogen-bond acceptors (Lipinski definition) is 4. The highest BCUT2D eigenvalue weighted by atomic mass is 79.9. The van der Waals surface area contributed by atoms with Crippen LogP contribution in [0.25, 0.3) is 0 Å². The van der Waals surface area contributed by atoms with Crippen LogP contribution in [0.5, 0.6) is 0 Å². The summed E-state index contributed by atoms with van der Waals surface area (Å²) in [6.07, 6.45) is 4.73. The molecule has 1 fully saturated rings. The molecule has 0 saturated heterocycles. The second-order valence-electron chi connectivity index (χ2n) is 3.55. The van der Waals surface area contributed by atoms with Crippen LogP contribution in [0.15, 0.2) is 16.9 Å². The van der Waals surface area contributed by atoms with Crippen molar-refractivity contribution in [2.45, 2.75) is 25.0 Å². The highest BCUT2D eigenvalue weighted by molar-refractivity contribution is 9.10. The molecule has 14 heavy (non-hydrogen) atoms. The zero-order valence-electron chi connectivity index (χ0n) is 7.57. The Bertz CT molecular complexity index is 319. The summed E-state index contributed by atoms with van der Waals surface area (Å²) < 4.78 is 0.860. The van der Waals surface area contributed by atoms with Gasteiger partial charge in [0.2, 0.25) is 0 Å². The fourth-order valence-electron chi connectivity index (χ4n) is 1.51. The van der Waals surface area contributed by atoms with Crippen LogP contribution in [0.4, 0.5) is 11.4 Å². The molecule has 1 aliphatic carbocycles. The summed E-state index contributed by atoms with van der Waals surface area (Å²) >= 11 is 3.38. The lowest BCUT2D eigenvalue weighted by Crippen LogP contribution is -2.39. The zero-order valence-corrected chi connectivity index (χ0v) is 9.16. The molecule has 5 heteroatoms. The van der Waals surface area contributed by atoms with Crippen molar-refractivity contribution < 1.29 is 5.11 Å². The van der Waals surface area contributed by atoms with Gasteiger partial charge in [0.25, 0.3) is 0 Å². The predicted octanol–water partition coefficient (Wildman–Crippen LogP) is 1.36. The third-order valence-corrected chi connectivity index (χ3v) is 2.99. The molecule has 0 atom stereocenters. The number of nitrogen functional groups attached to an aromatic ring is 1. The van der Waals surface area contributed by atoms with E-state index in [-0.39, 0.29) is 6.10 Å². The van der Waals surface area contributed by atoms with E-state index in [9.17, 15) is 0 Å². The minimum atomic E-state index is -0.158. The van der Waals surface area contributed by atoms with Crippen LogP contribution in [-0.2, 0) is 0 Å². The maximum atomic E-state index is 9.14. The summed E-state index contributed by atoms with van der Waals surface area (Å²) in [5, 5.41) is 12.4. The Hall–Kier alpha value is -0.810. The lowest BCUT2D eigenvalue weighted by atomic mass is 9.89. The summed E-state index contributed by atoms with van der Waals surface area (Å²) in [7, 11) is 0. The SMILES string of the molecule is Nc1cncc(Br)c1NC1CC(O)C1. The number of nitrogens with one attached hydrogen (secondary N) is 1. The molecule has 1 aliphatic rings. The fourth-order valence-corrected chi connectivity index (χ4v) is 1.97. The first kappa shape index (κ1) is 9.73. The first-order chi connectivity index (χ1) is 6.66. The van der Waals surface area contributed by atoms with E-state index in [1.165, 1.54) is 0 Å². The predicted molar refractivity (Wildman–Crippen MR) is 59.0 cm³/mol. The van der Waals surface area contributed by atoms with Crippen LogP contribution in [-0.4, -0.2) is 22.2 Å². The van der Waals surface area contributed by atoms with E-state index in [4.69, 9.17) is 10.8 Å². The number of aromatic nitrogens is 1. The van der Waals surface area contributed by atoms with Gasteiger partial charge in [-0.3, -0.25) is 4.98 Å². The number of nitrogens with two attached hydrogens (primary N) is 1. The Kier molecular flexibility index (Phi) is 2.60. The third kappa shape index (κ3) is 1.83. The monoisotopic (exact) mass is 257 g/mol. The first-order valence-electron chi connectivity index (χ1n) is 4.50. The van der Waals surface area contributed by atoms with Gasteiger partial charge in [-0.2, -0.15) is 0 Å². The van der Waals surface area contributed by atoms with Crippen LogP contribution < -0.4 is 11.1 Å². The van der Waals surface area contributed by atoms with E-state index in [2.05, 4.69) is 26.2 Å². The van der Waals surface area contributed by atoms with E-state index >= 15 is 0 Å². The molecule has 76 valence electrons. The largest absolute Gasteiger partial charge is 0.396 e. The average Bonchev–Trinajstić information content (AvgIpc) is 2.08. The van der Waals surface area contributed by atoms with Gasteiger partial charge >= 0.3 is 0 Å². The van der Waals surface area contributed by atoms with Crippen molar-refractivity contribution in [1.29, 1.82) is 0 Å². The molecule has 0 aliphatic heterocycles.